The van der Waals surface area contributed by atoms with Gasteiger partial charge in [0.15, 0.2) is 5.43 Å². The molecule has 0 saturated carbocycles. The van der Waals surface area contributed by atoms with Crippen LogP contribution in [0.15, 0.2) is 35.1 Å². The van der Waals surface area contributed by atoms with E-state index in [1.807, 2.05) is 0 Å². The summed E-state index contributed by atoms with van der Waals surface area (Å²) >= 11 is 0. The van der Waals surface area contributed by atoms with E-state index in [0.717, 1.165) is 4.68 Å². The van der Waals surface area contributed by atoms with Gasteiger partial charge < -0.3 is 10.3 Å². The molecule has 1 N–H and O–H groups in total. The van der Waals surface area contributed by atoms with Crippen LogP contribution in [0.5, 0.6) is 0 Å². The van der Waals surface area contributed by atoms with Gasteiger partial charge in [0, 0.05) is 37.6 Å². The summed E-state index contributed by atoms with van der Waals surface area (Å²) in [4.78, 5) is 11.9. The molecule has 0 amide bonds. The zero-order valence-corrected chi connectivity index (χ0v) is 11.2. The van der Waals surface area contributed by atoms with Crippen molar-refractivity contribution in [2.75, 3.05) is 31.2 Å². The minimum atomic E-state index is -4.58. The van der Waals surface area contributed by atoms with Gasteiger partial charge in [-0.2, -0.15) is 13.2 Å². The van der Waals surface area contributed by atoms with E-state index in [2.05, 4.69) is 5.32 Å². The highest BCUT2D eigenvalue weighted by molar-refractivity contribution is 5.79. The van der Waals surface area contributed by atoms with Crippen LogP contribution in [0.25, 0.3) is 10.9 Å². The third kappa shape index (κ3) is 2.49. The molecule has 2 heterocycles. The standard InChI is InChI=1S/C14H14F3N3O/c15-14(16,17)13-9-12(21)10-3-1-2-4-11(10)20(13)19-7-5-18-6-8-19/h1-4,9,18H,5-8H2. The lowest BCUT2D eigenvalue weighted by atomic mass is 10.2. The van der Waals surface area contributed by atoms with Crippen molar-refractivity contribution in [2.45, 2.75) is 6.18 Å². The minimum Gasteiger partial charge on any atom is -0.313 e. The van der Waals surface area contributed by atoms with Gasteiger partial charge in [-0.25, -0.2) is 0 Å². The van der Waals surface area contributed by atoms with Gasteiger partial charge in [-0.05, 0) is 12.1 Å². The maximum absolute atomic E-state index is 13.3. The lowest BCUT2D eigenvalue weighted by Crippen LogP contribution is -2.51. The second kappa shape index (κ2) is 5.07. The Morgan fingerprint density at radius 3 is 2.43 bits per heavy atom. The van der Waals surface area contributed by atoms with Crippen molar-refractivity contribution < 1.29 is 13.2 Å². The summed E-state index contributed by atoms with van der Waals surface area (Å²) in [5.41, 5.74) is -1.24. The van der Waals surface area contributed by atoms with Crippen LogP contribution >= 0.6 is 0 Å². The molecular weight excluding hydrogens is 283 g/mol. The summed E-state index contributed by atoms with van der Waals surface area (Å²) in [6.07, 6.45) is -4.58. The van der Waals surface area contributed by atoms with E-state index in [0.29, 0.717) is 43.1 Å². The number of benzene rings is 1. The molecule has 1 saturated heterocycles. The topological polar surface area (TPSA) is 37.3 Å². The van der Waals surface area contributed by atoms with Crippen LogP contribution in [-0.2, 0) is 6.18 Å². The summed E-state index contributed by atoms with van der Waals surface area (Å²) in [5.74, 6) is 0. The molecule has 1 aliphatic rings. The van der Waals surface area contributed by atoms with Crippen molar-refractivity contribution in [2.24, 2.45) is 0 Å². The smallest absolute Gasteiger partial charge is 0.313 e. The molecule has 1 aliphatic heterocycles. The van der Waals surface area contributed by atoms with Gasteiger partial charge in [0.25, 0.3) is 0 Å². The van der Waals surface area contributed by atoms with E-state index >= 15 is 0 Å². The zero-order valence-electron chi connectivity index (χ0n) is 11.2. The third-order valence-electron chi connectivity index (χ3n) is 3.56. The fourth-order valence-electron chi connectivity index (χ4n) is 2.62. The fraction of sp³-hybridized carbons (Fsp3) is 0.357. The number of rotatable bonds is 1. The Hall–Kier alpha value is -2.02. The number of hydrogen-bond acceptors (Lipinski definition) is 3. The van der Waals surface area contributed by atoms with Crippen molar-refractivity contribution >= 4 is 10.9 Å². The molecule has 0 aliphatic carbocycles. The van der Waals surface area contributed by atoms with Gasteiger partial charge in [-0.1, -0.05) is 12.1 Å². The molecule has 0 spiro atoms. The van der Waals surface area contributed by atoms with Crippen LogP contribution in [0.3, 0.4) is 0 Å². The normalized spacial score (nSPS) is 16.4. The summed E-state index contributed by atoms with van der Waals surface area (Å²) in [5, 5.41) is 5.03. The van der Waals surface area contributed by atoms with E-state index in [1.54, 1.807) is 29.3 Å². The average Bonchev–Trinajstić information content (AvgIpc) is 2.47. The van der Waals surface area contributed by atoms with E-state index < -0.39 is 17.3 Å². The van der Waals surface area contributed by atoms with Crippen LogP contribution in [0.4, 0.5) is 13.2 Å². The molecule has 0 bridgehead atoms. The first kappa shape index (κ1) is 13.9. The number of piperazine rings is 1. The van der Waals surface area contributed by atoms with Crippen LogP contribution in [-0.4, -0.2) is 30.9 Å². The van der Waals surface area contributed by atoms with Crippen LogP contribution in [0.2, 0.25) is 0 Å². The molecule has 21 heavy (non-hydrogen) atoms. The Morgan fingerprint density at radius 1 is 1.10 bits per heavy atom. The molecule has 7 heteroatoms. The quantitative estimate of drug-likeness (QED) is 0.868. The van der Waals surface area contributed by atoms with Crippen molar-refractivity contribution in [3.8, 4) is 0 Å². The average molecular weight is 297 g/mol. The molecule has 1 fully saturated rings. The summed E-state index contributed by atoms with van der Waals surface area (Å²) < 4.78 is 41.1. The molecule has 112 valence electrons. The Labute approximate surface area is 118 Å². The van der Waals surface area contributed by atoms with Gasteiger partial charge in [-0.15, -0.1) is 0 Å². The maximum atomic E-state index is 13.3. The molecule has 0 radical (unpaired) electrons. The highest BCUT2D eigenvalue weighted by atomic mass is 19.4. The number of nitrogens with zero attached hydrogens (tertiary/aromatic N) is 2. The zero-order chi connectivity index (χ0) is 15.0. The highest BCUT2D eigenvalue weighted by Crippen LogP contribution is 2.30. The molecule has 1 aromatic heterocycles. The Bertz CT molecular complexity index is 717. The number of nitrogens with one attached hydrogen (secondary N) is 1. The summed E-state index contributed by atoms with van der Waals surface area (Å²) in [6.45, 7) is 2.13. The van der Waals surface area contributed by atoms with Crippen LogP contribution in [0, 0.1) is 0 Å². The highest BCUT2D eigenvalue weighted by Gasteiger charge is 2.36. The third-order valence-corrected chi connectivity index (χ3v) is 3.56. The van der Waals surface area contributed by atoms with E-state index in [9.17, 15) is 18.0 Å². The number of hydrogen-bond donors (Lipinski definition) is 1. The van der Waals surface area contributed by atoms with Crippen LogP contribution < -0.4 is 15.8 Å². The fourth-order valence-corrected chi connectivity index (χ4v) is 2.62. The molecule has 4 nitrogen and oxygen atoms in total. The number of halogens is 3. The predicted molar refractivity (Wildman–Crippen MR) is 74.0 cm³/mol. The maximum Gasteiger partial charge on any atom is 0.433 e. The number of pyridine rings is 1. The number of aromatic nitrogens is 1. The van der Waals surface area contributed by atoms with Gasteiger partial charge in [-0.3, -0.25) is 9.47 Å². The van der Waals surface area contributed by atoms with Crippen molar-refractivity contribution in [1.82, 2.24) is 9.99 Å². The van der Waals surface area contributed by atoms with Crippen molar-refractivity contribution in [3.63, 3.8) is 0 Å². The molecular formula is C14H14F3N3O. The minimum absolute atomic E-state index is 0.291. The SMILES string of the molecule is O=c1cc(C(F)(F)F)n(N2CCNCC2)c2ccccc12. The van der Waals surface area contributed by atoms with Crippen LogP contribution in [0.1, 0.15) is 5.69 Å². The van der Waals surface area contributed by atoms with E-state index in [1.165, 1.54) is 0 Å². The summed E-state index contributed by atoms with van der Waals surface area (Å²) in [7, 11) is 0. The van der Waals surface area contributed by atoms with Gasteiger partial charge >= 0.3 is 6.18 Å². The largest absolute Gasteiger partial charge is 0.433 e. The lowest BCUT2D eigenvalue weighted by molar-refractivity contribution is -0.143. The molecule has 3 rings (SSSR count). The van der Waals surface area contributed by atoms with Gasteiger partial charge in [0.05, 0.1) is 5.52 Å². The first-order valence-corrected chi connectivity index (χ1v) is 6.66. The van der Waals surface area contributed by atoms with Crippen molar-refractivity contribution in [3.05, 3.63) is 46.2 Å². The number of para-hydroxylation sites is 1. The lowest BCUT2D eigenvalue weighted by Gasteiger charge is -2.34. The Balaban J connectivity index is 2.31. The Morgan fingerprint density at radius 2 is 1.76 bits per heavy atom. The molecule has 1 aromatic carbocycles. The monoisotopic (exact) mass is 297 g/mol. The summed E-state index contributed by atoms with van der Waals surface area (Å²) in [6, 6.07) is 7.08. The van der Waals surface area contributed by atoms with E-state index in [-0.39, 0.29) is 0 Å². The van der Waals surface area contributed by atoms with Gasteiger partial charge in [0.1, 0.15) is 5.69 Å². The Kier molecular flexibility index (Phi) is 3.36. The van der Waals surface area contributed by atoms with E-state index in [4.69, 9.17) is 0 Å². The second-order valence-electron chi connectivity index (χ2n) is 4.92. The first-order valence-electron chi connectivity index (χ1n) is 6.66. The first-order chi connectivity index (χ1) is 9.98. The van der Waals surface area contributed by atoms with Gasteiger partial charge in [0.2, 0.25) is 0 Å². The molecule has 0 unspecified atom stereocenters. The number of alkyl halides is 3. The number of fused-ring (bicyclic) bond motifs is 1. The molecule has 0 atom stereocenters. The molecule has 2 aromatic rings. The van der Waals surface area contributed by atoms with Crippen molar-refractivity contribution in [1.29, 1.82) is 0 Å². The predicted octanol–water partition coefficient (Wildman–Crippen LogP) is 1.56. The second-order valence-corrected chi connectivity index (χ2v) is 4.92.